The summed E-state index contributed by atoms with van der Waals surface area (Å²) in [6.45, 7) is 2.01. The predicted octanol–water partition coefficient (Wildman–Crippen LogP) is 6.06. The molecule has 0 aliphatic heterocycles. The van der Waals surface area contributed by atoms with Crippen molar-refractivity contribution in [2.45, 2.75) is 18.9 Å². The molecule has 2 aromatic heterocycles. The van der Waals surface area contributed by atoms with Crippen LogP contribution in [0.3, 0.4) is 0 Å². The molecule has 184 valence electrons. The molecule has 0 spiro atoms. The Morgan fingerprint density at radius 2 is 1.78 bits per heavy atom. The van der Waals surface area contributed by atoms with Crippen molar-refractivity contribution in [3.8, 4) is 11.5 Å². The van der Waals surface area contributed by atoms with Gasteiger partial charge in [-0.05, 0) is 66.6 Å². The molecule has 10 heteroatoms. The van der Waals surface area contributed by atoms with Gasteiger partial charge in [0.1, 0.15) is 11.4 Å². The summed E-state index contributed by atoms with van der Waals surface area (Å²) in [5.74, 6) is 0.290. The largest absolute Gasteiger partial charge is 0.334 e. The number of sulfonamides is 1. The van der Waals surface area contributed by atoms with Crippen molar-refractivity contribution < 1.29 is 17.3 Å². The van der Waals surface area contributed by atoms with E-state index in [4.69, 9.17) is 21.1 Å². The second-order valence-electron chi connectivity index (χ2n) is 8.45. The van der Waals surface area contributed by atoms with Gasteiger partial charge in [0.15, 0.2) is 0 Å². The Kier molecular flexibility index (Phi) is 6.05. The molecule has 1 unspecified atom stereocenters. The summed E-state index contributed by atoms with van der Waals surface area (Å²) < 4.78 is 47.6. The Morgan fingerprint density at radius 1 is 1.06 bits per heavy atom. The lowest BCUT2D eigenvalue weighted by molar-refractivity contribution is 0.360. The summed E-state index contributed by atoms with van der Waals surface area (Å²) in [6, 6.07) is 20.5. The number of anilines is 1. The molecule has 1 atom stereocenters. The number of hydrogen-bond acceptors (Lipinski definition) is 5. The van der Waals surface area contributed by atoms with Crippen LogP contribution in [0.2, 0.25) is 5.02 Å². The first-order chi connectivity index (χ1) is 17.2. The minimum Gasteiger partial charge on any atom is -0.334 e. The van der Waals surface area contributed by atoms with Gasteiger partial charge < -0.3 is 9.09 Å². The highest BCUT2D eigenvalue weighted by molar-refractivity contribution is 7.92. The number of rotatable bonds is 7. The third kappa shape index (κ3) is 4.25. The molecule has 0 fully saturated rings. The SMILES string of the molecule is CCC(c1ccc(Cl)cc1)(c1noc(-c2ccc(F)cc2)n1)n1ccc2c(NS(C)(=O)=O)cccc21. The number of nitrogens with one attached hydrogen (secondary N) is 1. The van der Waals surface area contributed by atoms with Crippen LogP contribution >= 0.6 is 11.6 Å². The highest BCUT2D eigenvalue weighted by Crippen LogP contribution is 2.41. The summed E-state index contributed by atoms with van der Waals surface area (Å²) in [7, 11) is -3.48. The van der Waals surface area contributed by atoms with Gasteiger partial charge in [-0.2, -0.15) is 4.98 Å². The Balaban J connectivity index is 1.75. The van der Waals surface area contributed by atoms with Gasteiger partial charge in [0.25, 0.3) is 5.89 Å². The summed E-state index contributed by atoms with van der Waals surface area (Å²) in [6.07, 6.45) is 3.53. The first kappa shape index (κ1) is 24.0. The zero-order chi connectivity index (χ0) is 25.5. The van der Waals surface area contributed by atoms with E-state index >= 15 is 0 Å². The third-order valence-electron chi connectivity index (χ3n) is 6.16. The van der Waals surface area contributed by atoms with E-state index in [2.05, 4.69) is 9.88 Å². The molecule has 3 aromatic carbocycles. The number of benzene rings is 3. The first-order valence-corrected chi connectivity index (χ1v) is 13.4. The van der Waals surface area contributed by atoms with Gasteiger partial charge in [-0.15, -0.1) is 0 Å². The van der Waals surface area contributed by atoms with E-state index in [0.29, 0.717) is 28.5 Å². The maximum Gasteiger partial charge on any atom is 0.258 e. The van der Waals surface area contributed by atoms with Crippen LogP contribution in [-0.2, 0) is 15.6 Å². The molecular weight excluding hydrogens is 503 g/mol. The van der Waals surface area contributed by atoms with Crippen molar-refractivity contribution in [1.29, 1.82) is 0 Å². The molecule has 0 bridgehead atoms. The van der Waals surface area contributed by atoms with E-state index < -0.39 is 15.6 Å². The number of aromatic nitrogens is 3. The van der Waals surface area contributed by atoms with E-state index in [1.165, 1.54) is 12.1 Å². The van der Waals surface area contributed by atoms with Crippen LogP contribution in [0.5, 0.6) is 0 Å². The zero-order valence-corrected chi connectivity index (χ0v) is 21.0. The van der Waals surface area contributed by atoms with Crippen LogP contribution in [0.4, 0.5) is 10.1 Å². The molecule has 5 rings (SSSR count). The topological polar surface area (TPSA) is 90.0 Å². The van der Waals surface area contributed by atoms with Crippen LogP contribution in [0.15, 0.2) is 83.5 Å². The monoisotopic (exact) mass is 524 g/mol. The average Bonchev–Trinajstić information content (AvgIpc) is 3.50. The van der Waals surface area contributed by atoms with Gasteiger partial charge in [0, 0.05) is 22.2 Å². The Hall–Kier alpha value is -3.69. The van der Waals surface area contributed by atoms with E-state index in [-0.39, 0.29) is 11.7 Å². The Morgan fingerprint density at radius 3 is 2.44 bits per heavy atom. The fourth-order valence-corrected chi connectivity index (χ4v) is 5.23. The van der Waals surface area contributed by atoms with E-state index in [9.17, 15) is 12.8 Å². The smallest absolute Gasteiger partial charge is 0.258 e. The lowest BCUT2D eigenvalue weighted by Gasteiger charge is -2.33. The summed E-state index contributed by atoms with van der Waals surface area (Å²) in [5.41, 5.74) is 1.77. The standard InChI is InChI=1S/C26H22ClFN4O3S/c1-3-26(18-9-11-19(27)12-10-18,25-29-24(35-30-25)17-7-13-20(28)14-8-17)32-16-15-21-22(31-36(2,33)34)5-4-6-23(21)32/h4-16,31H,3H2,1-2H3. The molecule has 0 saturated heterocycles. The molecule has 0 radical (unpaired) electrons. The van der Waals surface area contributed by atoms with Crippen LogP contribution in [0, 0.1) is 5.82 Å². The molecule has 36 heavy (non-hydrogen) atoms. The Bertz CT molecular complexity index is 1650. The lowest BCUT2D eigenvalue weighted by Crippen LogP contribution is -2.36. The van der Waals surface area contributed by atoms with Crippen LogP contribution in [0.25, 0.3) is 22.4 Å². The zero-order valence-electron chi connectivity index (χ0n) is 19.4. The second kappa shape index (κ2) is 9.07. The number of nitrogens with zero attached hydrogens (tertiary/aromatic N) is 3. The molecule has 1 N–H and O–H groups in total. The van der Waals surface area contributed by atoms with Crippen molar-refractivity contribution >= 4 is 38.2 Å². The normalized spacial score (nSPS) is 13.6. The maximum atomic E-state index is 13.5. The van der Waals surface area contributed by atoms with Gasteiger partial charge in [0.2, 0.25) is 15.8 Å². The molecule has 2 heterocycles. The van der Waals surface area contributed by atoms with E-state index in [1.54, 1.807) is 36.4 Å². The molecule has 0 aliphatic carbocycles. The van der Waals surface area contributed by atoms with Crippen LogP contribution < -0.4 is 4.72 Å². The minimum atomic E-state index is -3.48. The minimum absolute atomic E-state index is 0.257. The van der Waals surface area contributed by atoms with E-state index in [1.807, 2.05) is 42.0 Å². The van der Waals surface area contributed by atoms with Crippen LogP contribution in [-0.4, -0.2) is 29.4 Å². The quantitative estimate of drug-likeness (QED) is 0.279. The van der Waals surface area contributed by atoms with Gasteiger partial charge in [-0.1, -0.05) is 41.9 Å². The summed E-state index contributed by atoms with van der Waals surface area (Å²) in [5, 5.41) is 5.66. The Labute approximate surface area is 212 Å². The van der Waals surface area contributed by atoms with Crippen molar-refractivity contribution in [1.82, 2.24) is 14.7 Å². The number of fused-ring (bicyclic) bond motifs is 1. The van der Waals surface area contributed by atoms with Gasteiger partial charge in [-0.3, -0.25) is 4.72 Å². The average molecular weight is 525 g/mol. The maximum absolute atomic E-state index is 13.5. The summed E-state index contributed by atoms with van der Waals surface area (Å²) >= 11 is 6.20. The van der Waals surface area contributed by atoms with Crippen molar-refractivity contribution in [3.63, 3.8) is 0 Å². The van der Waals surface area contributed by atoms with Gasteiger partial charge in [0.05, 0.1) is 17.5 Å². The van der Waals surface area contributed by atoms with Gasteiger partial charge in [-0.25, -0.2) is 12.8 Å². The van der Waals surface area contributed by atoms with Crippen molar-refractivity contribution in [3.05, 3.63) is 101 Å². The molecular formula is C26H22ClFN4O3S. The highest BCUT2D eigenvalue weighted by Gasteiger charge is 2.40. The molecule has 0 aliphatic rings. The second-order valence-corrected chi connectivity index (χ2v) is 10.6. The molecule has 0 amide bonds. The number of halogens is 2. The third-order valence-corrected chi connectivity index (χ3v) is 7.00. The molecule has 5 aromatic rings. The molecule has 0 saturated carbocycles. The van der Waals surface area contributed by atoms with Crippen molar-refractivity contribution in [2.24, 2.45) is 0 Å². The first-order valence-electron chi connectivity index (χ1n) is 11.2. The van der Waals surface area contributed by atoms with Crippen molar-refractivity contribution in [2.75, 3.05) is 11.0 Å². The van der Waals surface area contributed by atoms with E-state index in [0.717, 1.165) is 22.7 Å². The number of hydrogen-bond donors (Lipinski definition) is 1. The highest BCUT2D eigenvalue weighted by atomic mass is 35.5. The lowest BCUT2D eigenvalue weighted by atomic mass is 9.85. The molecule has 7 nitrogen and oxygen atoms in total. The summed E-state index contributed by atoms with van der Waals surface area (Å²) in [4.78, 5) is 4.73. The predicted molar refractivity (Wildman–Crippen MR) is 138 cm³/mol. The fraction of sp³-hybridized carbons (Fsp3) is 0.154. The van der Waals surface area contributed by atoms with Gasteiger partial charge >= 0.3 is 0 Å². The van der Waals surface area contributed by atoms with Crippen LogP contribution in [0.1, 0.15) is 24.7 Å². The fourth-order valence-electron chi connectivity index (χ4n) is 4.52.